The summed E-state index contributed by atoms with van der Waals surface area (Å²) in [5, 5.41) is 2.84. The summed E-state index contributed by atoms with van der Waals surface area (Å²) in [4.78, 5) is 23.8. The molecule has 0 spiro atoms. The molecule has 24 heavy (non-hydrogen) atoms. The maximum atomic E-state index is 12.4. The minimum absolute atomic E-state index is 0.205. The van der Waals surface area contributed by atoms with E-state index in [0.717, 1.165) is 37.3 Å². The van der Waals surface area contributed by atoms with Crippen LogP contribution >= 0.6 is 0 Å². The van der Waals surface area contributed by atoms with Crippen molar-refractivity contribution in [3.63, 3.8) is 0 Å². The van der Waals surface area contributed by atoms with Gasteiger partial charge < -0.3 is 14.6 Å². The van der Waals surface area contributed by atoms with E-state index < -0.39 is 0 Å². The molecule has 0 aromatic carbocycles. The van der Waals surface area contributed by atoms with Crippen LogP contribution in [-0.2, 0) is 6.54 Å². The molecule has 1 aliphatic rings. The predicted octanol–water partition coefficient (Wildman–Crippen LogP) is 3.08. The van der Waals surface area contributed by atoms with Gasteiger partial charge in [-0.05, 0) is 50.8 Å². The zero-order valence-electron chi connectivity index (χ0n) is 14.3. The second kappa shape index (κ2) is 7.47. The summed E-state index contributed by atoms with van der Waals surface area (Å²) >= 11 is 0. The van der Waals surface area contributed by atoms with Crippen molar-refractivity contribution in [1.29, 1.82) is 0 Å². The molecule has 6 nitrogen and oxygen atoms in total. The second-order valence-corrected chi connectivity index (χ2v) is 6.21. The van der Waals surface area contributed by atoms with Gasteiger partial charge in [-0.1, -0.05) is 6.92 Å². The van der Waals surface area contributed by atoms with E-state index in [9.17, 15) is 4.79 Å². The maximum Gasteiger partial charge on any atom is 0.270 e. The van der Waals surface area contributed by atoms with Gasteiger partial charge in [0.15, 0.2) is 0 Å². The third-order valence-corrected chi connectivity index (χ3v) is 4.43. The number of furan rings is 1. The number of hydrogen-bond donors (Lipinski definition) is 1. The van der Waals surface area contributed by atoms with E-state index in [4.69, 9.17) is 4.42 Å². The van der Waals surface area contributed by atoms with Crippen LogP contribution in [0.1, 0.15) is 54.5 Å². The van der Waals surface area contributed by atoms with E-state index >= 15 is 0 Å². The Hall–Kier alpha value is -2.37. The molecule has 1 atom stereocenters. The van der Waals surface area contributed by atoms with E-state index in [1.807, 2.05) is 13.0 Å². The van der Waals surface area contributed by atoms with Crippen LogP contribution in [0.25, 0.3) is 0 Å². The second-order valence-electron chi connectivity index (χ2n) is 6.21. The molecule has 3 heterocycles. The van der Waals surface area contributed by atoms with Crippen molar-refractivity contribution in [2.24, 2.45) is 0 Å². The molecule has 0 radical (unpaired) electrons. The van der Waals surface area contributed by atoms with Gasteiger partial charge in [0, 0.05) is 18.3 Å². The normalized spacial score (nSPS) is 17.8. The van der Waals surface area contributed by atoms with Crippen LogP contribution < -0.4 is 10.2 Å². The monoisotopic (exact) mass is 328 g/mol. The average molecular weight is 328 g/mol. The van der Waals surface area contributed by atoms with Crippen molar-refractivity contribution < 1.29 is 9.21 Å². The molecule has 1 N–H and O–H groups in total. The first-order chi connectivity index (χ1) is 11.7. The molecule has 0 saturated carbocycles. The molecular weight excluding hydrogens is 304 g/mol. The predicted molar refractivity (Wildman–Crippen MR) is 91.9 cm³/mol. The van der Waals surface area contributed by atoms with Gasteiger partial charge in [0.2, 0.25) is 5.95 Å². The fraction of sp³-hybridized carbons (Fsp3) is 0.500. The lowest BCUT2D eigenvalue weighted by atomic mass is 10.0. The number of anilines is 1. The number of amides is 1. The maximum absolute atomic E-state index is 12.4. The number of rotatable bonds is 5. The number of aryl methyl sites for hydroxylation is 1. The first kappa shape index (κ1) is 16.5. The molecule has 2 aromatic heterocycles. The van der Waals surface area contributed by atoms with Gasteiger partial charge in [0.05, 0.1) is 12.8 Å². The number of carbonyl (C=O) groups is 1. The highest BCUT2D eigenvalue weighted by Crippen LogP contribution is 2.24. The molecule has 6 heteroatoms. The highest BCUT2D eigenvalue weighted by Gasteiger charge is 2.24. The molecule has 1 saturated heterocycles. The van der Waals surface area contributed by atoms with E-state index in [0.29, 0.717) is 24.2 Å². The summed E-state index contributed by atoms with van der Waals surface area (Å²) in [6.45, 7) is 5.40. The molecular formula is C18H24N4O2. The van der Waals surface area contributed by atoms with Gasteiger partial charge in [0.25, 0.3) is 5.91 Å². The highest BCUT2D eigenvalue weighted by molar-refractivity contribution is 5.92. The van der Waals surface area contributed by atoms with E-state index in [-0.39, 0.29) is 5.91 Å². The van der Waals surface area contributed by atoms with E-state index in [2.05, 4.69) is 27.1 Å². The third kappa shape index (κ3) is 3.75. The lowest BCUT2D eigenvalue weighted by molar-refractivity contribution is 0.0942. The standard InChI is InChI=1S/C18H24N4O2/c1-3-14-7-4-5-9-22(14)18-20-13(2)11-16(21-18)17(23)19-12-15-8-6-10-24-15/h6,8,10-11,14H,3-5,7,9,12H2,1-2H3,(H,19,23). The van der Waals surface area contributed by atoms with Crippen molar-refractivity contribution in [2.75, 3.05) is 11.4 Å². The highest BCUT2D eigenvalue weighted by atomic mass is 16.3. The van der Waals surface area contributed by atoms with Crippen LogP contribution in [0.3, 0.4) is 0 Å². The van der Waals surface area contributed by atoms with Gasteiger partial charge >= 0.3 is 0 Å². The Kier molecular flexibility index (Phi) is 5.13. The molecule has 2 aromatic rings. The smallest absolute Gasteiger partial charge is 0.270 e. The van der Waals surface area contributed by atoms with Crippen LogP contribution in [0.2, 0.25) is 0 Å². The zero-order chi connectivity index (χ0) is 16.9. The Bertz CT molecular complexity index is 684. The van der Waals surface area contributed by atoms with Gasteiger partial charge in [-0.15, -0.1) is 0 Å². The Morgan fingerprint density at radius 1 is 1.42 bits per heavy atom. The largest absolute Gasteiger partial charge is 0.467 e. The Morgan fingerprint density at radius 3 is 3.04 bits per heavy atom. The Morgan fingerprint density at radius 2 is 2.29 bits per heavy atom. The summed E-state index contributed by atoms with van der Waals surface area (Å²) in [5.41, 5.74) is 1.22. The fourth-order valence-corrected chi connectivity index (χ4v) is 3.16. The fourth-order valence-electron chi connectivity index (χ4n) is 3.16. The number of carbonyl (C=O) groups excluding carboxylic acids is 1. The Labute approximate surface area is 142 Å². The first-order valence-corrected chi connectivity index (χ1v) is 8.60. The SMILES string of the molecule is CCC1CCCCN1c1nc(C)cc(C(=O)NCc2ccco2)n1. The quantitative estimate of drug-likeness (QED) is 0.913. The molecule has 0 bridgehead atoms. The molecule has 1 aliphatic heterocycles. The summed E-state index contributed by atoms with van der Waals surface area (Å²) in [6.07, 6.45) is 6.21. The number of nitrogens with one attached hydrogen (secondary N) is 1. The van der Waals surface area contributed by atoms with Crippen LogP contribution in [0.15, 0.2) is 28.9 Å². The number of aromatic nitrogens is 2. The van der Waals surface area contributed by atoms with Crippen LogP contribution in [0, 0.1) is 6.92 Å². The van der Waals surface area contributed by atoms with Crippen LogP contribution in [0.4, 0.5) is 5.95 Å². The summed E-state index contributed by atoms with van der Waals surface area (Å²) in [6, 6.07) is 5.82. The lowest BCUT2D eigenvalue weighted by Crippen LogP contribution is -2.40. The van der Waals surface area contributed by atoms with Crippen molar-refractivity contribution in [3.05, 3.63) is 41.6 Å². The van der Waals surface area contributed by atoms with Gasteiger partial charge in [-0.2, -0.15) is 0 Å². The van der Waals surface area contributed by atoms with Crippen LogP contribution in [0.5, 0.6) is 0 Å². The minimum Gasteiger partial charge on any atom is -0.467 e. The third-order valence-electron chi connectivity index (χ3n) is 4.43. The van der Waals surface area contributed by atoms with Crippen molar-refractivity contribution in [2.45, 2.75) is 52.1 Å². The lowest BCUT2D eigenvalue weighted by Gasteiger charge is -2.35. The van der Waals surface area contributed by atoms with Crippen molar-refractivity contribution in [3.8, 4) is 0 Å². The summed E-state index contributed by atoms with van der Waals surface area (Å²) < 4.78 is 5.24. The van der Waals surface area contributed by atoms with Crippen LogP contribution in [-0.4, -0.2) is 28.5 Å². The molecule has 1 unspecified atom stereocenters. The topological polar surface area (TPSA) is 71.3 Å². The van der Waals surface area contributed by atoms with E-state index in [1.165, 1.54) is 6.42 Å². The average Bonchev–Trinajstić information content (AvgIpc) is 3.12. The van der Waals surface area contributed by atoms with Crippen molar-refractivity contribution >= 4 is 11.9 Å². The van der Waals surface area contributed by atoms with Gasteiger partial charge in [-0.3, -0.25) is 4.79 Å². The number of nitrogens with zero attached hydrogens (tertiary/aromatic N) is 3. The number of piperidine rings is 1. The summed E-state index contributed by atoms with van der Waals surface area (Å²) in [7, 11) is 0. The first-order valence-electron chi connectivity index (χ1n) is 8.60. The molecule has 3 rings (SSSR count). The van der Waals surface area contributed by atoms with Gasteiger partial charge in [0.1, 0.15) is 11.5 Å². The molecule has 1 amide bonds. The Balaban J connectivity index is 1.76. The number of hydrogen-bond acceptors (Lipinski definition) is 5. The summed E-state index contributed by atoms with van der Waals surface area (Å²) in [5.74, 6) is 1.18. The molecule has 128 valence electrons. The molecule has 0 aliphatic carbocycles. The van der Waals surface area contributed by atoms with Gasteiger partial charge in [-0.25, -0.2) is 9.97 Å². The zero-order valence-corrected chi connectivity index (χ0v) is 14.3. The van der Waals surface area contributed by atoms with Crippen molar-refractivity contribution in [1.82, 2.24) is 15.3 Å². The minimum atomic E-state index is -0.205. The van der Waals surface area contributed by atoms with E-state index in [1.54, 1.807) is 18.4 Å². The molecule has 1 fully saturated rings.